The van der Waals surface area contributed by atoms with E-state index in [-0.39, 0.29) is 24.3 Å². The van der Waals surface area contributed by atoms with Crippen LogP contribution >= 0.6 is 0 Å². The maximum absolute atomic E-state index is 9.66. The molecule has 1 saturated heterocycles. The molecule has 2 aliphatic rings. The van der Waals surface area contributed by atoms with E-state index in [9.17, 15) is 5.11 Å². The van der Waals surface area contributed by atoms with Gasteiger partial charge in [0.2, 0.25) is 0 Å². The summed E-state index contributed by atoms with van der Waals surface area (Å²) < 4.78 is 11.4. The molecule has 0 aromatic heterocycles. The Bertz CT molecular complexity index is 364. The van der Waals surface area contributed by atoms with Crippen molar-refractivity contribution in [1.82, 2.24) is 5.32 Å². The zero-order valence-corrected chi connectivity index (χ0v) is 12.1. The number of ether oxygens (including phenoxy) is 2. The van der Waals surface area contributed by atoms with Crippen LogP contribution < -0.4 is 5.32 Å². The molecule has 3 atom stereocenters. The zero-order chi connectivity index (χ0) is 13.9. The minimum atomic E-state index is -0.554. The molecule has 1 fully saturated rings. The lowest BCUT2D eigenvalue weighted by Gasteiger charge is -2.37. The van der Waals surface area contributed by atoms with E-state index < -0.39 is 5.79 Å². The van der Waals surface area contributed by atoms with E-state index in [2.05, 4.69) is 36.5 Å². The molecule has 0 bridgehead atoms. The lowest BCUT2D eigenvalue weighted by Crippen LogP contribution is -2.55. The second kappa shape index (κ2) is 5.75. The van der Waals surface area contributed by atoms with Gasteiger partial charge in [-0.25, -0.2) is 0 Å². The Balaban J connectivity index is 2.02. The van der Waals surface area contributed by atoms with Crippen molar-refractivity contribution in [2.45, 2.75) is 57.1 Å². The molecular formula is C15H25NO3. The van der Waals surface area contributed by atoms with Crippen LogP contribution in [0.1, 0.15) is 33.6 Å². The van der Waals surface area contributed by atoms with Crippen molar-refractivity contribution in [3.63, 3.8) is 0 Å². The fourth-order valence-corrected chi connectivity index (χ4v) is 2.68. The number of hydrogen-bond donors (Lipinski definition) is 2. The third kappa shape index (κ3) is 3.45. The van der Waals surface area contributed by atoms with Crippen molar-refractivity contribution < 1.29 is 14.6 Å². The quantitative estimate of drug-likeness (QED) is 0.797. The molecule has 0 radical (unpaired) electrons. The van der Waals surface area contributed by atoms with Gasteiger partial charge in [0.1, 0.15) is 6.10 Å². The van der Waals surface area contributed by atoms with Crippen LogP contribution in [0.5, 0.6) is 0 Å². The maximum Gasteiger partial charge on any atom is 0.163 e. The first-order valence-corrected chi connectivity index (χ1v) is 7.05. The van der Waals surface area contributed by atoms with E-state index in [1.54, 1.807) is 0 Å². The van der Waals surface area contributed by atoms with Crippen LogP contribution in [0.3, 0.4) is 0 Å². The summed E-state index contributed by atoms with van der Waals surface area (Å²) in [6.45, 7) is 6.52. The highest BCUT2D eigenvalue weighted by Gasteiger charge is 2.39. The predicted molar refractivity (Wildman–Crippen MR) is 74.8 cm³/mol. The van der Waals surface area contributed by atoms with Crippen LogP contribution in [-0.2, 0) is 9.47 Å². The van der Waals surface area contributed by atoms with Crippen molar-refractivity contribution in [3.05, 3.63) is 24.3 Å². The van der Waals surface area contributed by atoms with E-state index >= 15 is 0 Å². The molecular weight excluding hydrogens is 242 g/mol. The number of rotatable bonds is 5. The van der Waals surface area contributed by atoms with Crippen LogP contribution in [0.4, 0.5) is 0 Å². The molecule has 0 unspecified atom stereocenters. The minimum Gasteiger partial charge on any atom is -0.395 e. The van der Waals surface area contributed by atoms with Crippen molar-refractivity contribution in [2.75, 3.05) is 13.2 Å². The molecule has 0 saturated carbocycles. The van der Waals surface area contributed by atoms with Crippen LogP contribution in [0, 0.1) is 0 Å². The van der Waals surface area contributed by atoms with E-state index in [0.717, 1.165) is 12.8 Å². The van der Waals surface area contributed by atoms with Crippen molar-refractivity contribution >= 4 is 0 Å². The summed E-state index contributed by atoms with van der Waals surface area (Å²) in [7, 11) is 0. The fourth-order valence-electron chi connectivity index (χ4n) is 2.68. The molecule has 2 rings (SSSR count). The third-order valence-electron chi connectivity index (χ3n) is 3.92. The normalized spacial score (nSPS) is 34.6. The summed E-state index contributed by atoms with van der Waals surface area (Å²) in [6, 6.07) is -0.113. The topological polar surface area (TPSA) is 50.7 Å². The Labute approximate surface area is 115 Å². The average molecular weight is 267 g/mol. The molecule has 2 N–H and O–H groups in total. The predicted octanol–water partition coefficient (Wildman–Crippen LogP) is 1.75. The summed E-state index contributed by atoms with van der Waals surface area (Å²) in [4.78, 5) is 0. The summed E-state index contributed by atoms with van der Waals surface area (Å²) in [5, 5.41) is 13.2. The van der Waals surface area contributed by atoms with Gasteiger partial charge in [-0.2, -0.15) is 0 Å². The van der Waals surface area contributed by atoms with Gasteiger partial charge >= 0.3 is 0 Å². The minimum absolute atomic E-state index is 0.0451. The van der Waals surface area contributed by atoms with Crippen molar-refractivity contribution in [2.24, 2.45) is 0 Å². The summed E-state index contributed by atoms with van der Waals surface area (Å²) in [6.07, 6.45) is 10.3. The molecule has 4 nitrogen and oxygen atoms in total. The molecule has 1 aliphatic heterocycles. The Morgan fingerprint density at radius 1 is 1.42 bits per heavy atom. The molecule has 0 amide bonds. The molecule has 0 spiro atoms. The first-order chi connectivity index (χ1) is 9.00. The van der Waals surface area contributed by atoms with Gasteiger partial charge in [-0.3, -0.25) is 0 Å². The fraction of sp³-hybridized carbons (Fsp3) is 0.733. The molecule has 0 aromatic carbocycles. The van der Waals surface area contributed by atoms with Crippen molar-refractivity contribution in [3.8, 4) is 0 Å². The second-order valence-electron chi connectivity index (χ2n) is 5.80. The highest BCUT2D eigenvalue weighted by molar-refractivity contribution is 5.21. The second-order valence-corrected chi connectivity index (χ2v) is 5.80. The number of nitrogens with one attached hydrogen (secondary N) is 1. The number of allylic oxidation sites excluding steroid dienone is 2. The summed E-state index contributed by atoms with van der Waals surface area (Å²) in [5.41, 5.74) is -0.0851. The van der Waals surface area contributed by atoms with Gasteiger partial charge in [0.25, 0.3) is 0 Å². The summed E-state index contributed by atoms with van der Waals surface area (Å²) >= 11 is 0. The van der Waals surface area contributed by atoms with E-state index in [4.69, 9.17) is 9.47 Å². The Hall–Kier alpha value is -0.680. The number of hydrogen-bond acceptors (Lipinski definition) is 4. The lowest BCUT2D eigenvalue weighted by molar-refractivity contribution is -0.143. The van der Waals surface area contributed by atoms with Crippen LogP contribution in [-0.4, -0.2) is 41.8 Å². The van der Waals surface area contributed by atoms with Crippen LogP contribution in [0.25, 0.3) is 0 Å². The molecule has 4 heteroatoms. The van der Waals surface area contributed by atoms with E-state index in [0.29, 0.717) is 6.61 Å². The van der Waals surface area contributed by atoms with E-state index in [1.807, 2.05) is 13.8 Å². The first kappa shape index (κ1) is 14.7. The maximum atomic E-state index is 9.66. The standard InChI is InChI=1S/C15H25NO3/c1-4-15(8-6-5-7-9-15)16-12(10-17)13-11-18-14(2,3)19-13/h5-8,12-13,16-17H,4,9-11H2,1-3H3/t12-,13-,15-/m0/s1. The van der Waals surface area contributed by atoms with Gasteiger partial charge in [-0.1, -0.05) is 31.2 Å². The average Bonchev–Trinajstić information content (AvgIpc) is 2.77. The van der Waals surface area contributed by atoms with Gasteiger partial charge in [-0.15, -0.1) is 0 Å². The van der Waals surface area contributed by atoms with Gasteiger partial charge in [0, 0.05) is 5.54 Å². The highest BCUT2D eigenvalue weighted by atomic mass is 16.7. The molecule has 1 heterocycles. The van der Waals surface area contributed by atoms with Crippen molar-refractivity contribution in [1.29, 1.82) is 0 Å². The number of aliphatic hydroxyl groups is 1. The first-order valence-electron chi connectivity index (χ1n) is 7.05. The van der Waals surface area contributed by atoms with Gasteiger partial charge in [-0.05, 0) is 26.7 Å². The molecule has 108 valence electrons. The van der Waals surface area contributed by atoms with Crippen LogP contribution in [0.2, 0.25) is 0 Å². The third-order valence-corrected chi connectivity index (χ3v) is 3.92. The van der Waals surface area contributed by atoms with Gasteiger partial charge in [0.15, 0.2) is 5.79 Å². The smallest absolute Gasteiger partial charge is 0.163 e. The highest BCUT2D eigenvalue weighted by Crippen LogP contribution is 2.27. The molecule has 0 aromatic rings. The Kier molecular flexibility index (Phi) is 4.46. The largest absolute Gasteiger partial charge is 0.395 e. The zero-order valence-electron chi connectivity index (χ0n) is 12.1. The monoisotopic (exact) mass is 267 g/mol. The van der Waals surface area contributed by atoms with Gasteiger partial charge < -0.3 is 19.9 Å². The number of aliphatic hydroxyl groups excluding tert-OH is 1. The van der Waals surface area contributed by atoms with Crippen LogP contribution in [0.15, 0.2) is 24.3 Å². The molecule has 19 heavy (non-hydrogen) atoms. The molecule has 1 aliphatic carbocycles. The Morgan fingerprint density at radius 3 is 2.68 bits per heavy atom. The van der Waals surface area contributed by atoms with Gasteiger partial charge in [0.05, 0.1) is 19.3 Å². The lowest BCUT2D eigenvalue weighted by atomic mass is 9.87. The summed E-state index contributed by atoms with van der Waals surface area (Å²) in [5.74, 6) is -0.554. The SMILES string of the molecule is CC[C@]1(N[C@@H](CO)[C@@H]2COC(C)(C)O2)C=CC=CC1. The van der Waals surface area contributed by atoms with E-state index in [1.165, 1.54) is 0 Å². The Morgan fingerprint density at radius 2 is 2.21 bits per heavy atom.